The molecule has 1 saturated carbocycles. The standard InChI is InChI=1S/C24H26N2O5/c1-14-5-4-6-16(11-14)31-20-8-3-2-7-17(20)24(28)26-19-13-30-21-18(12-29-22(19)21)25-23(27)15-9-10-15/h2-8,11,15,18-19,21-22H,9-10,12-13H2,1H3,(H,25,27)(H,26,28)/t18-,19-,21+,22+/m0/s1. The fourth-order valence-electron chi connectivity index (χ4n) is 4.19. The van der Waals surface area contributed by atoms with Crippen LogP contribution in [0, 0.1) is 12.8 Å². The average Bonchev–Trinajstić information content (AvgIpc) is 3.43. The van der Waals surface area contributed by atoms with E-state index in [4.69, 9.17) is 14.2 Å². The van der Waals surface area contributed by atoms with Crippen LogP contribution >= 0.6 is 0 Å². The van der Waals surface area contributed by atoms with Crippen LogP contribution in [-0.2, 0) is 14.3 Å². The van der Waals surface area contributed by atoms with Crippen molar-refractivity contribution in [3.8, 4) is 11.5 Å². The molecule has 2 aromatic carbocycles. The number of fused-ring (bicyclic) bond motifs is 1. The Balaban J connectivity index is 1.24. The highest BCUT2D eigenvalue weighted by Gasteiger charge is 2.49. The van der Waals surface area contributed by atoms with Gasteiger partial charge in [-0.05, 0) is 49.6 Å². The average molecular weight is 422 g/mol. The van der Waals surface area contributed by atoms with E-state index < -0.39 is 0 Å². The topological polar surface area (TPSA) is 85.9 Å². The zero-order chi connectivity index (χ0) is 21.4. The van der Waals surface area contributed by atoms with E-state index >= 15 is 0 Å². The second kappa shape index (κ2) is 8.32. The van der Waals surface area contributed by atoms with E-state index in [9.17, 15) is 9.59 Å². The molecule has 7 nitrogen and oxygen atoms in total. The number of benzene rings is 2. The van der Waals surface area contributed by atoms with Gasteiger partial charge in [0.25, 0.3) is 5.91 Å². The lowest BCUT2D eigenvalue weighted by Gasteiger charge is -2.19. The Morgan fingerprint density at radius 3 is 2.35 bits per heavy atom. The van der Waals surface area contributed by atoms with Gasteiger partial charge < -0.3 is 24.8 Å². The maximum Gasteiger partial charge on any atom is 0.255 e. The van der Waals surface area contributed by atoms with Gasteiger partial charge in [-0.15, -0.1) is 0 Å². The third-order valence-corrected chi connectivity index (χ3v) is 5.99. The molecular formula is C24H26N2O5. The molecule has 2 N–H and O–H groups in total. The SMILES string of the molecule is Cc1cccc(Oc2ccccc2C(=O)N[C@H]2CO[C@H]3[C@@H]2OC[C@@H]3NC(=O)C2CC2)c1. The van der Waals surface area contributed by atoms with Gasteiger partial charge in [0, 0.05) is 5.92 Å². The van der Waals surface area contributed by atoms with E-state index in [-0.39, 0.29) is 42.0 Å². The molecule has 0 spiro atoms. The van der Waals surface area contributed by atoms with Gasteiger partial charge in [-0.1, -0.05) is 24.3 Å². The van der Waals surface area contributed by atoms with Crippen LogP contribution < -0.4 is 15.4 Å². The summed E-state index contributed by atoms with van der Waals surface area (Å²) in [4.78, 5) is 25.1. The Hall–Kier alpha value is -2.90. The van der Waals surface area contributed by atoms with Crippen molar-refractivity contribution in [3.63, 3.8) is 0 Å². The minimum atomic E-state index is -0.285. The maximum absolute atomic E-state index is 13.1. The van der Waals surface area contributed by atoms with E-state index in [1.54, 1.807) is 12.1 Å². The van der Waals surface area contributed by atoms with E-state index in [0.29, 0.717) is 30.3 Å². The van der Waals surface area contributed by atoms with Crippen molar-refractivity contribution in [2.75, 3.05) is 13.2 Å². The van der Waals surface area contributed by atoms with Crippen molar-refractivity contribution in [2.45, 2.75) is 44.1 Å². The molecule has 2 saturated heterocycles. The molecule has 0 aromatic heterocycles. The number of carbonyl (C=O) groups excluding carboxylic acids is 2. The predicted octanol–water partition coefficient (Wildman–Crippen LogP) is 2.58. The van der Waals surface area contributed by atoms with Gasteiger partial charge in [0.15, 0.2) is 0 Å². The highest BCUT2D eigenvalue weighted by molar-refractivity contribution is 5.97. The Morgan fingerprint density at radius 1 is 0.935 bits per heavy atom. The predicted molar refractivity (Wildman–Crippen MR) is 113 cm³/mol. The van der Waals surface area contributed by atoms with Crippen molar-refractivity contribution in [3.05, 3.63) is 59.7 Å². The van der Waals surface area contributed by atoms with E-state index in [2.05, 4.69) is 10.6 Å². The summed E-state index contributed by atoms with van der Waals surface area (Å²) >= 11 is 0. The van der Waals surface area contributed by atoms with E-state index in [1.165, 1.54) is 0 Å². The van der Waals surface area contributed by atoms with Crippen molar-refractivity contribution in [1.82, 2.24) is 10.6 Å². The van der Waals surface area contributed by atoms with Crippen LogP contribution in [0.3, 0.4) is 0 Å². The lowest BCUT2D eigenvalue weighted by molar-refractivity contribution is -0.123. The largest absolute Gasteiger partial charge is 0.457 e. The first kappa shape index (κ1) is 20.0. The van der Waals surface area contributed by atoms with Crippen LogP contribution in [0.25, 0.3) is 0 Å². The van der Waals surface area contributed by atoms with Gasteiger partial charge in [0.2, 0.25) is 5.91 Å². The summed E-state index contributed by atoms with van der Waals surface area (Å²) in [5.74, 6) is 1.14. The molecule has 0 radical (unpaired) electrons. The Labute approximate surface area is 181 Å². The van der Waals surface area contributed by atoms with Gasteiger partial charge in [-0.2, -0.15) is 0 Å². The molecule has 7 heteroatoms. The summed E-state index contributed by atoms with van der Waals surface area (Å²) in [6, 6.07) is 14.4. The van der Waals surface area contributed by atoms with Crippen molar-refractivity contribution < 1.29 is 23.8 Å². The molecule has 1 aliphatic carbocycles. The van der Waals surface area contributed by atoms with E-state index in [1.807, 2.05) is 43.3 Å². The zero-order valence-electron chi connectivity index (χ0n) is 17.4. The van der Waals surface area contributed by atoms with Crippen LogP contribution in [-0.4, -0.2) is 49.3 Å². The summed E-state index contributed by atoms with van der Waals surface area (Å²) < 4.78 is 17.8. The Bertz CT molecular complexity index is 989. The Morgan fingerprint density at radius 2 is 1.65 bits per heavy atom. The summed E-state index contributed by atoms with van der Waals surface area (Å²) in [5.41, 5.74) is 1.53. The molecule has 2 aliphatic heterocycles. The Kier molecular flexibility index (Phi) is 5.38. The quantitative estimate of drug-likeness (QED) is 0.747. The number of amides is 2. The molecule has 3 aliphatic rings. The van der Waals surface area contributed by atoms with E-state index in [0.717, 1.165) is 18.4 Å². The molecule has 4 atom stereocenters. The number of rotatable bonds is 6. The van der Waals surface area contributed by atoms with Crippen LogP contribution in [0.15, 0.2) is 48.5 Å². The molecule has 2 aromatic rings. The minimum Gasteiger partial charge on any atom is -0.457 e. The summed E-state index contributed by atoms with van der Waals surface area (Å²) in [5, 5.41) is 6.07. The second-order valence-corrected chi connectivity index (χ2v) is 8.48. The monoisotopic (exact) mass is 422 g/mol. The van der Waals surface area contributed by atoms with Crippen molar-refractivity contribution in [2.24, 2.45) is 5.92 Å². The van der Waals surface area contributed by atoms with Crippen molar-refractivity contribution in [1.29, 1.82) is 0 Å². The second-order valence-electron chi connectivity index (χ2n) is 8.48. The smallest absolute Gasteiger partial charge is 0.255 e. The minimum absolute atomic E-state index is 0.0764. The fourth-order valence-corrected chi connectivity index (χ4v) is 4.19. The van der Waals surface area contributed by atoms with Gasteiger partial charge in [0.1, 0.15) is 23.7 Å². The summed E-state index contributed by atoms with van der Waals surface area (Å²) in [6.07, 6.45) is 1.39. The number of hydrogen-bond donors (Lipinski definition) is 2. The number of nitrogens with one attached hydrogen (secondary N) is 2. The number of para-hydroxylation sites is 1. The number of aryl methyl sites for hydroxylation is 1. The third kappa shape index (κ3) is 4.29. The lowest BCUT2D eigenvalue weighted by atomic mass is 10.1. The maximum atomic E-state index is 13.1. The zero-order valence-corrected chi connectivity index (χ0v) is 17.4. The molecule has 2 amide bonds. The van der Waals surface area contributed by atoms with Gasteiger partial charge in [-0.3, -0.25) is 9.59 Å². The first-order valence-corrected chi connectivity index (χ1v) is 10.8. The molecule has 5 rings (SSSR count). The molecule has 2 heterocycles. The first-order valence-electron chi connectivity index (χ1n) is 10.8. The van der Waals surface area contributed by atoms with Gasteiger partial charge >= 0.3 is 0 Å². The summed E-state index contributed by atoms with van der Waals surface area (Å²) in [6.45, 7) is 2.73. The molecule has 0 unspecified atom stereocenters. The molecule has 162 valence electrons. The molecule has 31 heavy (non-hydrogen) atoms. The molecule has 0 bridgehead atoms. The normalized spacial score (nSPS) is 26.9. The van der Waals surface area contributed by atoms with Crippen LogP contribution in [0.1, 0.15) is 28.8 Å². The highest BCUT2D eigenvalue weighted by Crippen LogP contribution is 2.32. The highest BCUT2D eigenvalue weighted by atomic mass is 16.6. The fraction of sp³-hybridized carbons (Fsp3) is 0.417. The number of carbonyl (C=O) groups is 2. The van der Waals surface area contributed by atoms with Gasteiger partial charge in [-0.25, -0.2) is 0 Å². The number of ether oxygens (including phenoxy) is 3. The van der Waals surface area contributed by atoms with Gasteiger partial charge in [0.05, 0.1) is 30.9 Å². The third-order valence-electron chi connectivity index (χ3n) is 5.99. The number of hydrogen-bond acceptors (Lipinski definition) is 5. The van der Waals surface area contributed by atoms with Crippen LogP contribution in [0.5, 0.6) is 11.5 Å². The van der Waals surface area contributed by atoms with Crippen molar-refractivity contribution >= 4 is 11.8 Å². The van der Waals surface area contributed by atoms with Crippen LogP contribution in [0.2, 0.25) is 0 Å². The molecule has 3 fully saturated rings. The molecular weight excluding hydrogens is 396 g/mol. The van der Waals surface area contributed by atoms with Crippen LogP contribution in [0.4, 0.5) is 0 Å². The first-order chi connectivity index (χ1) is 15.1. The lowest BCUT2D eigenvalue weighted by Crippen LogP contribution is -2.47. The summed E-state index contributed by atoms with van der Waals surface area (Å²) in [7, 11) is 0.